The van der Waals surface area contributed by atoms with E-state index in [0.29, 0.717) is 0 Å². The fraction of sp³-hybridized carbons (Fsp3) is 0.389. The lowest BCUT2D eigenvalue weighted by Gasteiger charge is -2.10. The Hall–Kier alpha value is -1.52. The minimum Gasteiger partial charge on any atom is -0.355 e. The quantitative estimate of drug-likeness (QED) is 0.806. The zero-order valence-electron chi connectivity index (χ0n) is 12.7. The van der Waals surface area contributed by atoms with Gasteiger partial charge in [-0.25, -0.2) is 0 Å². The molecule has 3 nitrogen and oxygen atoms in total. The molecule has 22 heavy (non-hydrogen) atoms. The molecule has 1 aliphatic rings. The van der Waals surface area contributed by atoms with Crippen LogP contribution in [0, 0.1) is 5.92 Å². The van der Waals surface area contributed by atoms with Crippen LogP contribution in [0.1, 0.15) is 12.0 Å². The number of nitrogens with one attached hydrogen (secondary N) is 2. The van der Waals surface area contributed by atoms with Gasteiger partial charge in [0.05, 0.1) is 5.92 Å². The van der Waals surface area contributed by atoms with Gasteiger partial charge in [0.15, 0.2) is 0 Å². The topological polar surface area (TPSA) is 41.1 Å². The van der Waals surface area contributed by atoms with Crippen LogP contribution in [0.4, 0.5) is 0 Å². The van der Waals surface area contributed by atoms with E-state index in [9.17, 15) is 4.79 Å². The molecule has 2 aromatic rings. The van der Waals surface area contributed by atoms with Gasteiger partial charge in [-0.1, -0.05) is 42.5 Å². The molecule has 0 spiro atoms. The van der Waals surface area contributed by atoms with Crippen molar-refractivity contribution in [2.75, 3.05) is 25.4 Å². The molecular formula is C18H22N2OS. The number of carbonyl (C=O) groups is 1. The number of hydrogen-bond acceptors (Lipinski definition) is 3. The Balaban J connectivity index is 1.43. The lowest BCUT2D eigenvalue weighted by Crippen LogP contribution is -2.33. The summed E-state index contributed by atoms with van der Waals surface area (Å²) in [6.07, 6.45) is 0.967. The van der Waals surface area contributed by atoms with Crippen molar-refractivity contribution in [3.8, 4) is 0 Å². The third-order valence-corrected chi connectivity index (χ3v) is 5.12. The Morgan fingerprint density at radius 2 is 2.09 bits per heavy atom. The fourth-order valence-electron chi connectivity index (χ4n) is 2.87. The van der Waals surface area contributed by atoms with Crippen molar-refractivity contribution in [2.45, 2.75) is 12.2 Å². The van der Waals surface area contributed by atoms with Gasteiger partial charge >= 0.3 is 0 Å². The van der Waals surface area contributed by atoms with Crippen molar-refractivity contribution >= 4 is 28.4 Å². The second kappa shape index (κ2) is 7.65. The molecule has 0 radical (unpaired) electrons. The van der Waals surface area contributed by atoms with Gasteiger partial charge in [-0.05, 0) is 29.3 Å². The van der Waals surface area contributed by atoms with Crippen molar-refractivity contribution in [2.24, 2.45) is 5.92 Å². The van der Waals surface area contributed by atoms with Crippen LogP contribution >= 0.6 is 11.8 Å². The van der Waals surface area contributed by atoms with E-state index in [0.717, 1.165) is 37.6 Å². The second-order valence-corrected chi connectivity index (χ2v) is 6.78. The largest absolute Gasteiger partial charge is 0.355 e. The van der Waals surface area contributed by atoms with Gasteiger partial charge < -0.3 is 10.6 Å². The van der Waals surface area contributed by atoms with Crippen LogP contribution in [0.15, 0.2) is 42.5 Å². The molecule has 0 aliphatic carbocycles. The zero-order valence-corrected chi connectivity index (χ0v) is 13.5. The summed E-state index contributed by atoms with van der Waals surface area (Å²) in [7, 11) is 0. The molecule has 2 aromatic carbocycles. The predicted molar refractivity (Wildman–Crippen MR) is 94.1 cm³/mol. The smallest absolute Gasteiger partial charge is 0.224 e. The highest BCUT2D eigenvalue weighted by Gasteiger charge is 2.21. The molecule has 0 aromatic heterocycles. The number of amides is 1. The standard InChI is InChI=1S/C18H22N2OS/c21-18(15-8-9-19-12-15)20-10-11-22-13-16-6-3-5-14-4-1-2-7-17(14)16/h1-7,15,19H,8-13H2,(H,20,21). The van der Waals surface area contributed by atoms with Crippen molar-refractivity contribution in [1.29, 1.82) is 0 Å². The zero-order chi connectivity index (χ0) is 15.2. The molecule has 116 valence electrons. The van der Waals surface area contributed by atoms with Gasteiger partial charge in [-0.3, -0.25) is 4.79 Å². The van der Waals surface area contributed by atoms with E-state index in [4.69, 9.17) is 0 Å². The van der Waals surface area contributed by atoms with Crippen LogP contribution < -0.4 is 10.6 Å². The maximum atomic E-state index is 11.9. The van der Waals surface area contributed by atoms with Crippen LogP contribution in [0.5, 0.6) is 0 Å². The summed E-state index contributed by atoms with van der Waals surface area (Å²) in [5.74, 6) is 2.32. The first-order chi connectivity index (χ1) is 10.8. The number of benzene rings is 2. The van der Waals surface area contributed by atoms with Gasteiger partial charge in [0.25, 0.3) is 0 Å². The van der Waals surface area contributed by atoms with Gasteiger partial charge in [-0.15, -0.1) is 0 Å². The average molecular weight is 314 g/mol. The van der Waals surface area contributed by atoms with Crippen LogP contribution in [-0.4, -0.2) is 31.3 Å². The summed E-state index contributed by atoms with van der Waals surface area (Å²) >= 11 is 1.88. The van der Waals surface area contributed by atoms with Gasteiger partial charge in [0, 0.05) is 24.6 Å². The van der Waals surface area contributed by atoms with Gasteiger partial charge in [-0.2, -0.15) is 11.8 Å². The molecule has 1 atom stereocenters. The molecule has 2 N–H and O–H groups in total. The molecule has 4 heteroatoms. The van der Waals surface area contributed by atoms with Crippen molar-refractivity contribution in [3.63, 3.8) is 0 Å². The van der Waals surface area contributed by atoms with Crippen LogP contribution in [0.25, 0.3) is 10.8 Å². The number of carbonyl (C=O) groups excluding carboxylic acids is 1. The van der Waals surface area contributed by atoms with E-state index in [1.54, 1.807) is 0 Å². The molecule has 1 saturated heterocycles. The lowest BCUT2D eigenvalue weighted by atomic mass is 10.1. The van der Waals surface area contributed by atoms with E-state index in [2.05, 4.69) is 53.1 Å². The Bertz CT molecular complexity index is 633. The van der Waals surface area contributed by atoms with E-state index in [1.165, 1.54) is 16.3 Å². The normalized spacial score (nSPS) is 17.7. The highest BCUT2D eigenvalue weighted by atomic mass is 32.2. The van der Waals surface area contributed by atoms with Crippen molar-refractivity contribution < 1.29 is 4.79 Å². The molecule has 1 heterocycles. The molecule has 0 bridgehead atoms. The summed E-state index contributed by atoms with van der Waals surface area (Å²) in [5, 5.41) is 8.90. The molecule has 1 aliphatic heterocycles. The first-order valence-electron chi connectivity index (χ1n) is 7.87. The third kappa shape index (κ3) is 3.81. The summed E-state index contributed by atoms with van der Waals surface area (Å²) in [4.78, 5) is 11.9. The Morgan fingerprint density at radius 1 is 1.23 bits per heavy atom. The summed E-state index contributed by atoms with van der Waals surface area (Å²) < 4.78 is 0. The molecule has 1 amide bonds. The first kappa shape index (κ1) is 15.4. The van der Waals surface area contributed by atoms with Gasteiger partial charge in [0.1, 0.15) is 0 Å². The number of hydrogen-bond donors (Lipinski definition) is 2. The lowest BCUT2D eigenvalue weighted by molar-refractivity contribution is -0.124. The molecule has 1 unspecified atom stereocenters. The maximum absolute atomic E-state index is 11.9. The summed E-state index contributed by atoms with van der Waals surface area (Å²) in [5.41, 5.74) is 1.37. The van der Waals surface area contributed by atoms with E-state index >= 15 is 0 Å². The number of fused-ring (bicyclic) bond motifs is 1. The molecule has 3 rings (SSSR count). The van der Waals surface area contributed by atoms with Crippen LogP contribution in [-0.2, 0) is 10.5 Å². The highest BCUT2D eigenvalue weighted by molar-refractivity contribution is 7.98. The minimum absolute atomic E-state index is 0.170. The van der Waals surface area contributed by atoms with Crippen molar-refractivity contribution in [1.82, 2.24) is 10.6 Å². The minimum atomic E-state index is 0.170. The Morgan fingerprint density at radius 3 is 2.95 bits per heavy atom. The Labute approximate surface area is 135 Å². The monoisotopic (exact) mass is 314 g/mol. The highest BCUT2D eigenvalue weighted by Crippen LogP contribution is 2.22. The summed E-state index contributed by atoms with van der Waals surface area (Å²) in [6, 6.07) is 15.0. The maximum Gasteiger partial charge on any atom is 0.224 e. The van der Waals surface area contributed by atoms with E-state index in [-0.39, 0.29) is 11.8 Å². The van der Waals surface area contributed by atoms with Crippen molar-refractivity contribution in [3.05, 3.63) is 48.0 Å². The molecular weight excluding hydrogens is 292 g/mol. The Kier molecular flexibility index (Phi) is 5.35. The molecule has 0 saturated carbocycles. The van der Waals surface area contributed by atoms with E-state index < -0.39 is 0 Å². The van der Waals surface area contributed by atoms with E-state index in [1.807, 2.05) is 11.8 Å². The van der Waals surface area contributed by atoms with Gasteiger partial charge in [0.2, 0.25) is 5.91 Å². The first-order valence-corrected chi connectivity index (χ1v) is 9.03. The number of rotatable bonds is 6. The average Bonchev–Trinajstić information content (AvgIpc) is 3.09. The SMILES string of the molecule is O=C(NCCSCc1cccc2ccccc12)C1CCNC1. The second-order valence-electron chi connectivity index (χ2n) is 5.67. The summed E-state index contributed by atoms with van der Waals surface area (Å²) in [6.45, 7) is 2.55. The van der Waals surface area contributed by atoms with Crippen LogP contribution in [0.3, 0.4) is 0 Å². The molecule has 1 fully saturated rings. The van der Waals surface area contributed by atoms with Crippen LogP contribution in [0.2, 0.25) is 0 Å². The fourth-order valence-corrected chi connectivity index (χ4v) is 3.73. The predicted octanol–water partition coefficient (Wildman–Crippen LogP) is 2.80. The number of thioether (sulfide) groups is 1. The third-order valence-electron chi connectivity index (χ3n) is 4.11.